The maximum Gasteiger partial charge on any atom is 0.331 e. The Balaban J connectivity index is 4.45. The number of carbonyl (C=O) groups is 1. The van der Waals surface area contributed by atoms with Crippen LogP contribution in [0.5, 0.6) is 0 Å². The molecular formula is C16H33O5P. The van der Waals surface area contributed by atoms with E-state index >= 15 is 0 Å². The van der Waals surface area contributed by atoms with E-state index in [-0.39, 0.29) is 12.1 Å². The molecule has 0 aromatic carbocycles. The number of hydrogen-bond acceptors (Lipinski definition) is 5. The highest BCUT2D eigenvalue weighted by molar-refractivity contribution is 7.53. The highest BCUT2D eigenvalue weighted by Gasteiger charge is 2.31. The molecule has 5 nitrogen and oxygen atoms in total. The van der Waals surface area contributed by atoms with Crippen LogP contribution in [0.2, 0.25) is 0 Å². The van der Waals surface area contributed by atoms with Crippen LogP contribution >= 0.6 is 7.60 Å². The molecule has 0 spiro atoms. The molecule has 0 aromatic heterocycles. The Morgan fingerprint density at radius 3 is 1.82 bits per heavy atom. The molecule has 22 heavy (non-hydrogen) atoms. The standard InChI is InChI=1S/C16H33O5P/c1-5-8-11-19-16(17)15(4)14-22(18,20-12-9-6-2)21-13-10-7-3/h15H,5-14H2,1-4H3/t15-/m0/s1. The number of ether oxygens (including phenoxy) is 1. The van der Waals surface area contributed by atoms with Crippen molar-refractivity contribution in [2.75, 3.05) is 26.0 Å². The van der Waals surface area contributed by atoms with Gasteiger partial charge in [-0.15, -0.1) is 0 Å². The van der Waals surface area contributed by atoms with Gasteiger partial charge in [0.2, 0.25) is 0 Å². The lowest BCUT2D eigenvalue weighted by Gasteiger charge is -2.21. The molecule has 0 rings (SSSR count). The molecule has 0 aromatic rings. The molecule has 0 saturated carbocycles. The van der Waals surface area contributed by atoms with Crippen LogP contribution in [0.3, 0.4) is 0 Å². The summed E-state index contributed by atoms with van der Waals surface area (Å²) in [5, 5.41) is 0. The summed E-state index contributed by atoms with van der Waals surface area (Å²) in [5.74, 6) is -0.808. The summed E-state index contributed by atoms with van der Waals surface area (Å²) in [4.78, 5) is 11.9. The number of rotatable bonds is 14. The van der Waals surface area contributed by atoms with Gasteiger partial charge in [0.15, 0.2) is 0 Å². The Labute approximate surface area is 135 Å². The topological polar surface area (TPSA) is 61.8 Å². The van der Waals surface area contributed by atoms with Crippen LogP contribution in [-0.2, 0) is 23.1 Å². The first-order chi connectivity index (χ1) is 10.5. The summed E-state index contributed by atoms with van der Waals surface area (Å²) in [7, 11) is -3.23. The summed E-state index contributed by atoms with van der Waals surface area (Å²) in [6.45, 7) is 9.05. The maximum atomic E-state index is 12.8. The van der Waals surface area contributed by atoms with E-state index in [2.05, 4.69) is 0 Å². The van der Waals surface area contributed by atoms with Crippen molar-refractivity contribution in [3.63, 3.8) is 0 Å². The quantitative estimate of drug-likeness (QED) is 0.259. The third-order valence-electron chi connectivity index (χ3n) is 3.21. The van der Waals surface area contributed by atoms with Crippen LogP contribution in [0, 0.1) is 5.92 Å². The minimum atomic E-state index is -3.23. The second-order valence-electron chi connectivity index (χ2n) is 5.59. The normalized spacial score (nSPS) is 13.1. The molecule has 1 atom stereocenters. The van der Waals surface area contributed by atoms with Gasteiger partial charge in [-0.05, 0) is 19.3 Å². The zero-order valence-corrected chi connectivity index (χ0v) is 15.5. The lowest BCUT2D eigenvalue weighted by Crippen LogP contribution is -2.20. The van der Waals surface area contributed by atoms with Gasteiger partial charge in [0.05, 0.1) is 31.9 Å². The van der Waals surface area contributed by atoms with E-state index in [1.165, 1.54) is 0 Å². The molecule has 0 amide bonds. The summed E-state index contributed by atoms with van der Waals surface area (Å²) < 4.78 is 28.9. The van der Waals surface area contributed by atoms with Crippen molar-refractivity contribution in [1.29, 1.82) is 0 Å². The molecule has 0 saturated heterocycles. The van der Waals surface area contributed by atoms with Crippen LogP contribution in [0.25, 0.3) is 0 Å². The predicted octanol–water partition coefficient (Wildman–Crippen LogP) is 4.79. The molecule has 6 heteroatoms. The summed E-state index contributed by atoms with van der Waals surface area (Å²) in [5.41, 5.74) is 0. The van der Waals surface area contributed by atoms with Crippen molar-refractivity contribution in [3.05, 3.63) is 0 Å². The highest BCUT2D eigenvalue weighted by atomic mass is 31.2. The predicted molar refractivity (Wildman–Crippen MR) is 89.2 cm³/mol. The molecular weight excluding hydrogens is 303 g/mol. The maximum absolute atomic E-state index is 12.8. The Kier molecular flexibility index (Phi) is 12.9. The van der Waals surface area contributed by atoms with Gasteiger partial charge in [-0.2, -0.15) is 0 Å². The highest BCUT2D eigenvalue weighted by Crippen LogP contribution is 2.50. The van der Waals surface area contributed by atoms with E-state index in [0.29, 0.717) is 19.8 Å². The van der Waals surface area contributed by atoms with Crippen LogP contribution in [0.1, 0.15) is 66.2 Å². The second kappa shape index (κ2) is 13.1. The molecule has 132 valence electrons. The molecule has 0 fully saturated rings. The fourth-order valence-corrected chi connectivity index (χ4v) is 3.63. The number of hydrogen-bond donors (Lipinski definition) is 0. The van der Waals surface area contributed by atoms with E-state index in [1.807, 2.05) is 20.8 Å². The van der Waals surface area contributed by atoms with Crippen molar-refractivity contribution in [2.24, 2.45) is 5.92 Å². The lowest BCUT2D eigenvalue weighted by molar-refractivity contribution is -0.147. The van der Waals surface area contributed by atoms with Crippen molar-refractivity contribution in [3.8, 4) is 0 Å². The molecule has 0 N–H and O–H groups in total. The van der Waals surface area contributed by atoms with Crippen molar-refractivity contribution in [1.82, 2.24) is 0 Å². The van der Waals surface area contributed by atoms with Crippen LogP contribution < -0.4 is 0 Å². The van der Waals surface area contributed by atoms with E-state index in [1.54, 1.807) is 6.92 Å². The van der Waals surface area contributed by atoms with Gasteiger partial charge in [0.1, 0.15) is 0 Å². The van der Waals surface area contributed by atoms with E-state index in [4.69, 9.17) is 13.8 Å². The third-order valence-corrected chi connectivity index (χ3v) is 5.36. The zero-order chi connectivity index (χ0) is 16.8. The average Bonchev–Trinajstić information content (AvgIpc) is 2.48. The Morgan fingerprint density at radius 2 is 1.36 bits per heavy atom. The van der Waals surface area contributed by atoms with E-state index < -0.39 is 13.5 Å². The average molecular weight is 336 g/mol. The smallest absolute Gasteiger partial charge is 0.331 e. The van der Waals surface area contributed by atoms with Gasteiger partial charge < -0.3 is 13.8 Å². The lowest BCUT2D eigenvalue weighted by atomic mass is 10.2. The van der Waals surface area contributed by atoms with Crippen molar-refractivity contribution < 1.29 is 23.1 Å². The number of unbranched alkanes of at least 4 members (excludes halogenated alkanes) is 3. The van der Waals surface area contributed by atoms with Crippen molar-refractivity contribution in [2.45, 2.75) is 66.2 Å². The monoisotopic (exact) mass is 336 g/mol. The molecule has 0 aliphatic carbocycles. The number of esters is 1. The van der Waals surface area contributed by atoms with Gasteiger partial charge in [-0.25, -0.2) is 0 Å². The summed E-state index contributed by atoms with van der Waals surface area (Å²) >= 11 is 0. The fraction of sp³-hybridized carbons (Fsp3) is 0.938. The first-order valence-electron chi connectivity index (χ1n) is 8.53. The SMILES string of the molecule is CCCCOC(=O)[C@@H](C)CP(=O)(OCCCC)OCCCC. The van der Waals surface area contributed by atoms with Gasteiger partial charge in [-0.3, -0.25) is 9.36 Å². The van der Waals surface area contributed by atoms with E-state index in [9.17, 15) is 9.36 Å². The number of carbonyl (C=O) groups excluding carboxylic acids is 1. The van der Waals surface area contributed by atoms with Crippen LogP contribution in [0.4, 0.5) is 0 Å². The third kappa shape index (κ3) is 10.4. The molecule has 0 bridgehead atoms. The minimum Gasteiger partial charge on any atom is -0.465 e. The van der Waals surface area contributed by atoms with Gasteiger partial charge in [-0.1, -0.05) is 47.0 Å². The molecule has 0 aliphatic heterocycles. The zero-order valence-electron chi connectivity index (χ0n) is 14.6. The van der Waals surface area contributed by atoms with Gasteiger partial charge >= 0.3 is 13.6 Å². The van der Waals surface area contributed by atoms with Crippen LogP contribution in [-0.4, -0.2) is 32.0 Å². The first-order valence-corrected chi connectivity index (χ1v) is 10.3. The molecule has 0 aliphatic rings. The molecule has 0 radical (unpaired) electrons. The Morgan fingerprint density at radius 1 is 0.909 bits per heavy atom. The Hall–Kier alpha value is -0.380. The molecule has 0 unspecified atom stereocenters. The summed E-state index contributed by atoms with van der Waals surface area (Å²) in [6.07, 6.45) is 5.49. The first kappa shape index (κ1) is 21.6. The van der Waals surface area contributed by atoms with E-state index in [0.717, 1.165) is 38.5 Å². The van der Waals surface area contributed by atoms with Crippen molar-refractivity contribution >= 4 is 13.6 Å². The van der Waals surface area contributed by atoms with Gasteiger partial charge in [0.25, 0.3) is 0 Å². The Bertz CT molecular complexity index is 318. The second-order valence-corrected chi connectivity index (χ2v) is 7.69. The minimum absolute atomic E-state index is 0.0887. The fourth-order valence-electron chi connectivity index (χ4n) is 1.71. The molecule has 0 heterocycles. The van der Waals surface area contributed by atoms with Gasteiger partial charge in [0, 0.05) is 0 Å². The summed E-state index contributed by atoms with van der Waals surface area (Å²) in [6, 6.07) is 0. The van der Waals surface area contributed by atoms with Crippen LogP contribution in [0.15, 0.2) is 0 Å². The largest absolute Gasteiger partial charge is 0.465 e.